The molecule has 29 heavy (non-hydrogen) atoms. The van der Waals surface area contributed by atoms with E-state index in [2.05, 4.69) is 32.7 Å². The van der Waals surface area contributed by atoms with Gasteiger partial charge in [-0.15, -0.1) is 11.3 Å². The molecule has 146 valence electrons. The number of anilines is 2. The third kappa shape index (κ3) is 4.49. The molecule has 0 aliphatic rings. The number of fused-ring (bicyclic) bond motifs is 1. The summed E-state index contributed by atoms with van der Waals surface area (Å²) in [4.78, 5) is 33.4. The third-order valence-corrected chi connectivity index (χ3v) is 5.95. The molecule has 0 unspecified atom stereocenters. The van der Waals surface area contributed by atoms with Crippen LogP contribution in [0.15, 0.2) is 47.8 Å². The van der Waals surface area contributed by atoms with E-state index in [-0.39, 0.29) is 18.2 Å². The summed E-state index contributed by atoms with van der Waals surface area (Å²) in [6.45, 7) is 4.06. The van der Waals surface area contributed by atoms with Crippen LogP contribution in [0, 0.1) is 13.8 Å². The lowest BCUT2D eigenvalue weighted by atomic mass is 10.1. The van der Waals surface area contributed by atoms with Gasteiger partial charge in [0.1, 0.15) is 0 Å². The second-order valence-electron chi connectivity index (χ2n) is 6.64. The summed E-state index contributed by atoms with van der Waals surface area (Å²) in [6.07, 6.45) is 0.117. The molecule has 0 atom stereocenters. The Bertz CT molecular complexity index is 1200. The molecule has 4 rings (SSSR count). The molecular weight excluding hydrogens is 404 g/mol. The number of benzene rings is 2. The van der Waals surface area contributed by atoms with Gasteiger partial charge in [-0.3, -0.25) is 14.9 Å². The molecule has 2 N–H and O–H groups in total. The Balaban J connectivity index is 1.39. The maximum Gasteiger partial charge on any atom is 0.257 e. The lowest BCUT2D eigenvalue weighted by Crippen LogP contribution is -2.15. The minimum absolute atomic E-state index is 0.117. The number of hydrogen-bond donors (Lipinski definition) is 2. The van der Waals surface area contributed by atoms with E-state index in [1.807, 2.05) is 19.9 Å². The number of rotatable bonds is 5. The highest BCUT2D eigenvalue weighted by Crippen LogP contribution is 2.29. The van der Waals surface area contributed by atoms with Crippen molar-refractivity contribution in [1.29, 1.82) is 0 Å². The summed E-state index contributed by atoms with van der Waals surface area (Å²) in [5.41, 5.74) is 4.34. The predicted octanol–water partition coefficient (Wildman–Crippen LogP) is 4.80. The summed E-state index contributed by atoms with van der Waals surface area (Å²) in [6, 6.07) is 13.1. The molecule has 2 heterocycles. The van der Waals surface area contributed by atoms with Gasteiger partial charge in [0.25, 0.3) is 5.91 Å². The van der Waals surface area contributed by atoms with Crippen LogP contribution in [-0.2, 0) is 11.2 Å². The minimum atomic E-state index is -0.226. The number of thiazole rings is 2. The average Bonchev–Trinajstić information content (AvgIpc) is 3.28. The monoisotopic (exact) mass is 422 g/mol. The number of nitrogens with one attached hydrogen (secondary N) is 2. The Labute approximate surface area is 175 Å². The molecule has 4 aromatic rings. The summed E-state index contributed by atoms with van der Waals surface area (Å²) >= 11 is 2.75. The zero-order valence-corrected chi connectivity index (χ0v) is 17.5. The first-order valence-corrected chi connectivity index (χ1v) is 10.7. The van der Waals surface area contributed by atoms with Crippen LogP contribution in [0.3, 0.4) is 0 Å². The molecule has 0 fully saturated rings. The van der Waals surface area contributed by atoms with Crippen molar-refractivity contribution in [1.82, 2.24) is 9.97 Å². The van der Waals surface area contributed by atoms with Crippen LogP contribution in [0.25, 0.3) is 10.2 Å². The number of hydrogen-bond acceptors (Lipinski definition) is 6. The van der Waals surface area contributed by atoms with Crippen molar-refractivity contribution < 1.29 is 9.59 Å². The maximum absolute atomic E-state index is 12.4. The second kappa shape index (κ2) is 8.10. The van der Waals surface area contributed by atoms with Gasteiger partial charge in [-0.25, -0.2) is 9.97 Å². The van der Waals surface area contributed by atoms with Crippen LogP contribution in [0.4, 0.5) is 10.3 Å². The van der Waals surface area contributed by atoms with E-state index in [9.17, 15) is 9.59 Å². The van der Waals surface area contributed by atoms with Crippen molar-refractivity contribution in [2.45, 2.75) is 20.3 Å². The lowest BCUT2D eigenvalue weighted by molar-refractivity contribution is -0.115. The number of aryl methyl sites for hydroxylation is 2. The van der Waals surface area contributed by atoms with E-state index in [1.165, 1.54) is 28.2 Å². The molecule has 0 spiro atoms. The highest BCUT2D eigenvalue weighted by atomic mass is 32.1. The van der Waals surface area contributed by atoms with Crippen LogP contribution >= 0.6 is 22.7 Å². The quantitative estimate of drug-likeness (QED) is 0.484. The first kappa shape index (κ1) is 19.2. The fourth-order valence-corrected chi connectivity index (χ4v) is 4.72. The lowest BCUT2D eigenvalue weighted by Gasteiger charge is -2.01. The molecule has 0 saturated heterocycles. The van der Waals surface area contributed by atoms with Crippen molar-refractivity contribution in [3.8, 4) is 0 Å². The highest BCUT2D eigenvalue weighted by molar-refractivity contribution is 7.22. The van der Waals surface area contributed by atoms with E-state index in [0.717, 1.165) is 15.8 Å². The number of carbonyl (C=O) groups excluding carboxylic acids is 2. The van der Waals surface area contributed by atoms with Crippen molar-refractivity contribution in [3.05, 3.63) is 70.2 Å². The Kier molecular flexibility index (Phi) is 5.37. The van der Waals surface area contributed by atoms with Gasteiger partial charge in [0.15, 0.2) is 10.3 Å². The maximum atomic E-state index is 12.4. The van der Waals surface area contributed by atoms with E-state index in [1.54, 1.807) is 29.6 Å². The van der Waals surface area contributed by atoms with Gasteiger partial charge in [0, 0.05) is 10.9 Å². The molecule has 6 nitrogen and oxygen atoms in total. The van der Waals surface area contributed by atoms with E-state index < -0.39 is 0 Å². The van der Waals surface area contributed by atoms with Gasteiger partial charge in [-0.05, 0) is 43.2 Å². The molecule has 0 saturated carbocycles. The summed E-state index contributed by atoms with van der Waals surface area (Å²) in [5, 5.41) is 8.42. The van der Waals surface area contributed by atoms with Crippen LogP contribution in [0.1, 0.15) is 27.2 Å². The molecule has 0 aliphatic heterocycles. The highest BCUT2D eigenvalue weighted by Gasteiger charge is 2.13. The Hall–Kier alpha value is -3.10. The van der Waals surface area contributed by atoms with E-state index >= 15 is 0 Å². The fraction of sp³-hybridized carbons (Fsp3) is 0.143. The van der Waals surface area contributed by atoms with Gasteiger partial charge < -0.3 is 5.32 Å². The molecule has 2 aromatic carbocycles. The Morgan fingerprint density at radius 1 is 1.00 bits per heavy atom. The molecule has 0 bridgehead atoms. The Morgan fingerprint density at radius 3 is 2.59 bits per heavy atom. The molecule has 2 aromatic heterocycles. The average molecular weight is 423 g/mol. The van der Waals surface area contributed by atoms with Gasteiger partial charge in [0.2, 0.25) is 5.91 Å². The van der Waals surface area contributed by atoms with Gasteiger partial charge >= 0.3 is 0 Å². The first-order valence-electron chi connectivity index (χ1n) is 8.96. The molecule has 0 aliphatic carbocycles. The smallest absolute Gasteiger partial charge is 0.257 e. The normalized spacial score (nSPS) is 10.8. The fourth-order valence-electron chi connectivity index (χ4n) is 2.96. The zero-order chi connectivity index (χ0) is 20.4. The van der Waals surface area contributed by atoms with Crippen LogP contribution in [-0.4, -0.2) is 21.8 Å². The van der Waals surface area contributed by atoms with Crippen molar-refractivity contribution in [2.75, 3.05) is 10.6 Å². The molecular formula is C21H18N4O2S2. The molecule has 0 radical (unpaired) electrons. The SMILES string of the molecule is Cc1cc(C)c2nc(NC(=O)Cc3csc(NC(=O)c4ccccc4)n3)sc2c1. The molecule has 2 amide bonds. The standard InChI is InChI=1S/C21H18N4O2S2/c1-12-8-13(2)18-16(9-12)29-21(24-18)23-17(26)10-15-11-28-20(22-15)25-19(27)14-6-4-3-5-7-14/h3-9,11H,10H2,1-2H3,(H,22,25,27)(H,23,24,26). The van der Waals surface area contributed by atoms with Crippen molar-refractivity contribution in [2.24, 2.45) is 0 Å². The van der Waals surface area contributed by atoms with Gasteiger partial charge in [-0.1, -0.05) is 35.6 Å². The summed E-state index contributed by atoms with van der Waals surface area (Å²) in [5.74, 6) is -0.416. The number of carbonyl (C=O) groups is 2. The van der Waals surface area contributed by atoms with E-state index in [0.29, 0.717) is 21.5 Å². The van der Waals surface area contributed by atoms with Crippen molar-refractivity contribution in [3.63, 3.8) is 0 Å². The van der Waals surface area contributed by atoms with Gasteiger partial charge in [0.05, 0.1) is 22.3 Å². The van der Waals surface area contributed by atoms with Gasteiger partial charge in [-0.2, -0.15) is 0 Å². The van der Waals surface area contributed by atoms with E-state index in [4.69, 9.17) is 0 Å². The summed E-state index contributed by atoms with van der Waals surface area (Å²) < 4.78 is 1.05. The predicted molar refractivity (Wildman–Crippen MR) is 118 cm³/mol. The van der Waals surface area contributed by atoms with Crippen LogP contribution in [0.2, 0.25) is 0 Å². The largest absolute Gasteiger partial charge is 0.302 e. The van der Waals surface area contributed by atoms with Crippen molar-refractivity contribution >= 4 is 55.0 Å². The van der Waals surface area contributed by atoms with Crippen LogP contribution in [0.5, 0.6) is 0 Å². The number of aromatic nitrogens is 2. The number of amides is 2. The molecule has 8 heteroatoms. The minimum Gasteiger partial charge on any atom is -0.302 e. The topological polar surface area (TPSA) is 84.0 Å². The number of nitrogens with zero attached hydrogens (tertiary/aromatic N) is 2. The Morgan fingerprint density at radius 2 is 1.79 bits per heavy atom. The second-order valence-corrected chi connectivity index (χ2v) is 8.53. The zero-order valence-electron chi connectivity index (χ0n) is 15.9. The summed E-state index contributed by atoms with van der Waals surface area (Å²) in [7, 11) is 0. The van der Waals surface area contributed by atoms with Crippen LogP contribution < -0.4 is 10.6 Å². The third-order valence-electron chi connectivity index (χ3n) is 4.23. The first-order chi connectivity index (χ1) is 14.0.